The average molecular weight is 279 g/mol. The standard InChI is InChI=1S/C17H17N3O/c1-12-7-9-14(20(12)2)11-18-17(21)16-10-8-13-5-3-4-6-15(13)19-16/h3-10H,11H2,1-2H3,(H,18,21). The summed E-state index contributed by atoms with van der Waals surface area (Å²) in [6, 6.07) is 15.5. The maximum Gasteiger partial charge on any atom is 0.270 e. The molecule has 4 nitrogen and oxygen atoms in total. The van der Waals surface area contributed by atoms with Gasteiger partial charge in [-0.25, -0.2) is 4.98 Å². The monoisotopic (exact) mass is 279 g/mol. The Hall–Kier alpha value is -2.62. The fraction of sp³-hybridized carbons (Fsp3) is 0.176. The molecule has 4 heteroatoms. The van der Waals surface area contributed by atoms with Crippen molar-refractivity contribution in [3.63, 3.8) is 0 Å². The molecule has 21 heavy (non-hydrogen) atoms. The maximum absolute atomic E-state index is 12.2. The van der Waals surface area contributed by atoms with Gasteiger partial charge in [0.25, 0.3) is 5.91 Å². The fourth-order valence-corrected chi connectivity index (χ4v) is 2.30. The van der Waals surface area contributed by atoms with Crippen molar-refractivity contribution in [1.29, 1.82) is 0 Å². The highest BCUT2D eigenvalue weighted by Gasteiger charge is 2.09. The van der Waals surface area contributed by atoms with Crippen molar-refractivity contribution < 1.29 is 4.79 Å². The number of amides is 1. The SMILES string of the molecule is Cc1ccc(CNC(=O)c2ccc3ccccc3n2)n1C. The number of pyridine rings is 1. The molecule has 0 radical (unpaired) electrons. The molecule has 0 aliphatic rings. The van der Waals surface area contributed by atoms with Crippen LogP contribution < -0.4 is 5.32 Å². The molecule has 0 saturated heterocycles. The molecule has 0 aliphatic carbocycles. The van der Waals surface area contributed by atoms with Crippen LogP contribution in [0.5, 0.6) is 0 Å². The summed E-state index contributed by atoms with van der Waals surface area (Å²) in [5.74, 6) is -0.153. The second kappa shape index (κ2) is 5.40. The predicted octanol–water partition coefficient (Wildman–Crippen LogP) is 2.81. The van der Waals surface area contributed by atoms with Crippen LogP contribution in [0, 0.1) is 6.92 Å². The predicted molar refractivity (Wildman–Crippen MR) is 83.1 cm³/mol. The molecule has 0 aliphatic heterocycles. The summed E-state index contributed by atoms with van der Waals surface area (Å²) in [6.07, 6.45) is 0. The van der Waals surface area contributed by atoms with Crippen LogP contribution in [-0.4, -0.2) is 15.5 Å². The number of para-hydroxylation sites is 1. The highest BCUT2D eigenvalue weighted by Crippen LogP contribution is 2.12. The zero-order chi connectivity index (χ0) is 14.8. The summed E-state index contributed by atoms with van der Waals surface area (Å²) < 4.78 is 2.06. The lowest BCUT2D eigenvalue weighted by molar-refractivity contribution is 0.0945. The molecule has 2 aromatic heterocycles. The molecule has 3 aromatic rings. The zero-order valence-corrected chi connectivity index (χ0v) is 12.1. The van der Waals surface area contributed by atoms with Crippen LogP contribution in [0.15, 0.2) is 48.5 Å². The third-order valence-corrected chi connectivity index (χ3v) is 3.74. The van der Waals surface area contributed by atoms with Crippen LogP contribution in [0.25, 0.3) is 10.9 Å². The highest BCUT2D eigenvalue weighted by molar-refractivity contribution is 5.94. The number of benzene rings is 1. The number of aryl methyl sites for hydroxylation is 1. The Morgan fingerprint density at radius 3 is 2.71 bits per heavy atom. The van der Waals surface area contributed by atoms with Crippen molar-refractivity contribution in [2.75, 3.05) is 0 Å². The van der Waals surface area contributed by atoms with Gasteiger partial charge in [0, 0.05) is 23.8 Å². The summed E-state index contributed by atoms with van der Waals surface area (Å²) in [6.45, 7) is 2.54. The molecule has 0 bridgehead atoms. The Labute approximate surface area is 123 Å². The van der Waals surface area contributed by atoms with E-state index in [1.807, 2.05) is 56.4 Å². The summed E-state index contributed by atoms with van der Waals surface area (Å²) in [5.41, 5.74) is 3.52. The third-order valence-electron chi connectivity index (χ3n) is 3.74. The van der Waals surface area contributed by atoms with Crippen LogP contribution in [0.2, 0.25) is 0 Å². The normalized spacial score (nSPS) is 10.8. The van der Waals surface area contributed by atoms with Gasteiger partial charge in [-0.1, -0.05) is 24.3 Å². The van der Waals surface area contributed by atoms with Crippen molar-refractivity contribution in [3.8, 4) is 0 Å². The summed E-state index contributed by atoms with van der Waals surface area (Å²) in [4.78, 5) is 16.6. The number of carbonyl (C=O) groups excluding carboxylic acids is 1. The van der Waals surface area contributed by atoms with Gasteiger partial charge in [-0.2, -0.15) is 0 Å². The summed E-state index contributed by atoms with van der Waals surface area (Å²) in [5, 5.41) is 3.95. The van der Waals surface area contributed by atoms with Crippen LogP contribution in [-0.2, 0) is 13.6 Å². The van der Waals surface area contributed by atoms with Crippen molar-refractivity contribution in [1.82, 2.24) is 14.9 Å². The summed E-state index contributed by atoms with van der Waals surface area (Å²) in [7, 11) is 1.99. The van der Waals surface area contributed by atoms with E-state index in [9.17, 15) is 4.79 Å². The first-order valence-corrected chi connectivity index (χ1v) is 6.90. The minimum absolute atomic E-state index is 0.153. The van der Waals surface area contributed by atoms with Crippen molar-refractivity contribution >= 4 is 16.8 Å². The number of aromatic nitrogens is 2. The second-order valence-corrected chi connectivity index (χ2v) is 5.10. The molecular formula is C17H17N3O. The molecule has 1 N–H and O–H groups in total. The van der Waals surface area contributed by atoms with E-state index < -0.39 is 0 Å². The molecule has 106 valence electrons. The molecule has 0 fully saturated rings. The van der Waals surface area contributed by atoms with Crippen LogP contribution >= 0.6 is 0 Å². The number of fused-ring (bicyclic) bond motifs is 1. The van der Waals surface area contributed by atoms with E-state index in [1.54, 1.807) is 6.07 Å². The van der Waals surface area contributed by atoms with E-state index in [0.717, 1.165) is 16.6 Å². The lowest BCUT2D eigenvalue weighted by Gasteiger charge is -2.07. The molecule has 0 saturated carbocycles. The van der Waals surface area contributed by atoms with Gasteiger partial charge < -0.3 is 9.88 Å². The molecular weight excluding hydrogens is 262 g/mol. The topological polar surface area (TPSA) is 46.9 Å². The highest BCUT2D eigenvalue weighted by atomic mass is 16.1. The minimum Gasteiger partial charge on any atom is -0.350 e. The van der Waals surface area contributed by atoms with E-state index in [1.165, 1.54) is 5.69 Å². The Morgan fingerprint density at radius 2 is 1.95 bits per heavy atom. The van der Waals surface area contributed by atoms with E-state index in [2.05, 4.69) is 14.9 Å². The lowest BCUT2D eigenvalue weighted by Crippen LogP contribution is -2.24. The van der Waals surface area contributed by atoms with E-state index in [4.69, 9.17) is 0 Å². The number of hydrogen-bond donors (Lipinski definition) is 1. The molecule has 0 unspecified atom stereocenters. The number of rotatable bonds is 3. The van der Waals surface area contributed by atoms with Gasteiger partial charge in [0.2, 0.25) is 0 Å². The molecule has 0 spiro atoms. The minimum atomic E-state index is -0.153. The number of hydrogen-bond acceptors (Lipinski definition) is 2. The lowest BCUT2D eigenvalue weighted by atomic mass is 10.2. The summed E-state index contributed by atoms with van der Waals surface area (Å²) >= 11 is 0. The average Bonchev–Trinajstić information content (AvgIpc) is 2.84. The smallest absolute Gasteiger partial charge is 0.270 e. The van der Waals surface area contributed by atoms with E-state index in [-0.39, 0.29) is 5.91 Å². The van der Waals surface area contributed by atoms with Crippen molar-refractivity contribution in [3.05, 3.63) is 65.6 Å². The Bertz CT molecular complexity index is 805. The number of nitrogens with one attached hydrogen (secondary N) is 1. The van der Waals surface area contributed by atoms with Crippen LogP contribution in [0.3, 0.4) is 0 Å². The fourth-order valence-electron chi connectivity index (χ4n) is 2.30. The van der Waals surface area contributed by atoms with Gasteiger partial charge in [0.15, 0.2) is 0 Å². The van der Waals surface area contributed by atoms with Gasteiger partial charge >= 0.3 is 0 Å². The first-order chi connectivity index (χ1) is 10.1. The number of carbonyl (C=O) groups is 1. The van der Waals surface area contributed by atoms with Crippen molar-refractivity contribution in [2.45, 2.75) is 13.5 Å². The van der Waals surface area contributed by atoms with Crippen molar-refractivity contribution in [2.24, 2.45) is 7.05 Å². The Kier molecular flexibility index (Phi) is 3.44. The van der Waals surface area contributed by atoms with E-state index in [0.29, 0.717) is 12.2 Å². The largest absolute Gasteiger partial charge is 0.350 e. The molecule has 0 atom stereocenters. The van der Waals surface area contributed by atoms with E-state index >= 15 is 0 Å². The molecule has 1 aromatic carbocycles. The molecule has 3 rings (SSSR count). The molecule has 1 amide bonds. The van der Waals surface area contributed by atoms with Gasteiger partial charge in [-0.05, 0) is 31.2 Å². The molecule has 2 heterocycles. The van der Waals surface area contributed by atoms with Gasteiger partial charge in [-0.3, -0.25) is 4.79 Å². The Morgan fingerprint density at radius 1 is 1.14 bits per heavy atom. The van der Waals surface area contributed by atoms with Gasteiger partial charge in [0.1, 0.15) is 5.69 Å². The van der Waals surface area contributed by atoms with Crippen LogP contribution in [0.1, 0.15) is 21.9 Å². The third kappa shape index (κ3) is 2.65. The second-order valence-electron chi connectivity index (χ2n) is 5.10. The zero-order valence-electron chi connectivity index (χ0n) is 12.1. The number of nitrogens with zero attached hydrogens (tertiary/aromatic N) is 2. The Balaban J connectivity index is 1.76. The van der Waals surface area contributed by atoms with Gasteiger partial charge in [0.05, 0.1) is 12.1 Å². The first kappa shape index (κ1) is 13.4. The first-order valence-electron chi connectivity index (χ1n) is 6.90. The maximum atomic E-state index is 12.2. The quantitative estimate of drug-likeness (QED) is 0.801. The van der Waals surface area contributed by atoms with Crippen LogP contribution in [0.4, 0.5) is 0 Å². The van der Waals surface area contributed by atoms with Gasteiger partial charge in [-0.15, -0.1) is 0 Å².